The van der Waals surface area contributed by atoms with E-state index in [1.165, 1.54) is 64.7 Å². The Morgan fingerprint density at radius 1 is 0.260 bits per heavy atom. The molecule has 0 amide bonds. The van der Waals surface area contributed by atoms with E-state index in [-0.39, 0.29) is 0 Å². The zero-order chi connectivity index (χ0) is 33.3. The molecule has 0 saturated carbocycles. The average molecular weight is 656 g/mol. The normalized spacial score (nSPS) is 11.2. The second kappa shape index (κ2) is 13.0. The molecule has 0 N–H and O–H groups in total. The number of hydrogen-bond donors (Lipinski definition) is 0. The summed E-state index contributed by atoms with van der Waals surface area (Å²) in [6.45, 7) is 0. The van der Waals surface area contributed by atoms with Crippen LogP contribution in [0.5, 0.6) is 0 Å². The maximum Gasteiger partial charge on any atom is 0.0473 e. The van der Waals surface area contributed by atoms with Crippen molar-refractivity contribution in [1.29, 1.82) is 0 Å². The highest BCUT2D eigenvalue weighted by Gasteiger charge is 2.17. The molecule has 0 aliphatic rings. The topological polar surface area (TPSA) is 3.24 Å². The number of anilines is 3. The van der Waals surface area contributed by atoms with Crippen molar-refractivity contribution in [3.63, 3.8) is 0 Å². The molecule has 236 valence electrons. The average Bonchev–Trinajstić information content (AvgIpc) is 3.57. The van der Waals surface area contributed by atoms with Gasteiger partial charge in [0.05, 0.1) is 0 Å². The first-order chi connectivity index (χ1) is 24.8. The van der Waals surface area contributed by atoms with Crippen LogP contribution in [0.15, 0.2) is 200 Å². The Hall–Kier alpha value is -6.22. The van der Waals surface area contributed by atoms with Crippen molar-refractivity contribution in [1.82, 2.24) is 0 Å². The van der Waals surface area contributed by atoms with Gasteiger partial charge in [-0.25, -0.2) is 0 Å². The maximum absolute atomic E-state index is 2.40. The Morgan fingerprint density at radius 3 is 1.40 bits per heavy atom. The molecule has 50 heavy (non-hydrogen) atoms. The lowest BCUT2D eigenvalue weighted by Gasteiger charge is -2.27. The summed E-state index contributed by atoms with van der Waals surface area (Å²) < 4.78 is 2.64. The van der Waals surface area contributed by atoms with Crippen molar-refractivity contribution < 1.29 is 0 Å². The van der Waals surface area contributed by atoms with Gasteiger partial charge in [0.15, 0.2) is 0 Å². The summed E-state index contributed by atoms with van der Waals surface area (Å²) >= 11 is 1.86. The first-order valence-electron chi connectivity index (χ1n) is 17.0. The van der Waals surface area contributed by atoms with Crippen molar-refractivity contribution in [2.24, 2.45) is 0 Å². The van der Waals surface area contributed by atoms with Crippen LogP contribution in [0.1, 0.15) is 0 Å². The second-order valence-corrected chi connectivity index (χ2v) is 13.7. The molecule has 0 unspecified atom stereocenters. The Balaban J connectivity index is 1.22. The van der Waals surface area contributed by atoms with Crippen LogP contribution in [0.25, 0.3) is 64.7 Å². The lowest BCUT2D eigenvalue weighted by molar-refractivity contribution is 1.28. The zero-order valence-electron chi connectivity index (χ0n) is 27.4. The molecule has 0 atom stereocenters. The van der Waals surface area contributed by atoms with E-state index >= 15 is 0 Å². The number of fused-ring (bicyclic) bond motifs is 3. The van der Waals surface area contributed by atoms with E-state index < -0.39 is 0 Å². The summed E-state index contributed by atoms with van der Waals surface area (Å²) in [5.74, 6) is 0. The third kappa shape index (κ3) is 5.77. The molecule has 0 radical (unpaired) electrons. The molecular formula is C48H33NS. The third-order valence-electron chi connectivity index (χ3n) is 9.44. The minimum absolute atomic E-state index is 1.10. The third-order valence-corrected chi connectivity index (χ3v) is 10.6. The molecule has 9 aromatic rings. The molecule has 0 aliphatic heterocycles. The van der Waals surface area contributed by atoms with Crippen LogP contribution in [0.2, 0.25) is 0 Å². The van der Waals surface area contributed by atoms with Gasteiger partial charge in [-0.1, -0.05) is 140 Å². The summed E-state index contributed by atoms with van der Waals surface area (Å²) in [6, 6.07) is 72.4. The fourth-order valence-electron chi connectivity index (χ4n) is 6.95. The molecule has 1 nitrogen and oxygen atoms in total. The molecule has 1 heterocycles. The van der Waals surface area contributed by atoms with Gasteiger partial charge in [0.2, 0.25) is 0 Å². The van der Waals surface area contributed by atoms with Crippen LogP contribution in [0.3, 0.4) is 0 Å². The Morgan fingerprint density at radius 2 is 0.740 bits per heavy atom. The predicted octanol–water partition coefficient (Wildman–Crippen LogP) is 14.2. The molecule has 1 aromatic heterocycles. The van der Waals surface area contributed by atoms with E-state index in [2.05, 4.69) is 205 Å². The molecular weight excluding hydrogens is 623 g/mol. The van der Waals surface area contributed by atoms with Gasteiger partial charge in [0.1, 0.15) is 0 Å². The Labute approximate surface area is 297 Å². The van der Waals surface area contributed by atoms with Crippen LogP contribution >= 0.6 is 11.3 Å². The van der Waals surface area contributed by atoms with Crippen molar-refractivity contribution >= 4 is 48.6 Å². The highest BCUT2D eigenvalue weighted by Crippen LogP contribution is 2.42. The molecule has 0 saturated heterocycles. The fraction of sp³-hybridized carbons (Fsp3) is 0. The molecule has 0 aliphatic carbocycles. The molecule has 0 bridgehead atoms. The smallest absolute Gasteiger partial charge is 0.0473 e. The first-order valence-corrected chi connectivity index (χ1v) is 17.8. The van der Waals surface area contributed by atoms with Crippen LogP contribution in [0, 0.1) is 0 Å². The SMILES string of the molecule is c1ccc(-c2ccc(N(c3cccc(-c4ccc5sc6ccccc6c5c4)c3)c3cc(-c4ccccc4)cc(-c4ccccc4)c3)cc2)cc1. The highest BCUT2D eigenvalue weighted by molar-refractivity contribution is 7.25. The van der Waals surface area contributed by atoms with Gasteiger partial charge in [-0.05, 0) is 105 Å². The van der Waals surface area contributed by atoms with Gasteiger partial charge in [-0.3, -0.25) is 0 Å². The largest absolute Gasteiger partial charge is 0.310 e. The van der Waals surface area contributed by atoms with Crippen LogP contribution in [-0.4, -0.2) is 0 Å². The summed E-state index contributed by atoms with van der Waals surface area (Å²) in [4.78, 5) is 2.40. The summed E-state index contributed by atoms with van der Waals surface area (Å²) in [5.41, 5.74) is 12.9. The minimum atomic E-state index is 1.10. The number of thiophene rings is 1. The van der Waals surface area contributed by atoms with Gasteiger partial charge in [0.25, 0.3) is 0 Å². The van der Waals surface area contributed by atoms with Crippen LogP contribution < -0.4 is 4.90 Å². The van der Waals surface area contributed by atoms with Crippen LogP contribution in [0.4, 0.5) is 17.1 Å². The van der Waals surface area contributed by atoms with Gasteiger partial charge in [-0.15, -0.1) is 11.3 Å². The van der Waals surface area contributed by atoms with E-state index in [1.54, 1.807) is 0 Å². The van der Waals surface area contributed by atoms with E-state index in [0.29, 0.717) is 0 Å². The maximum atomic E-state index is 2.40. The standard InChI is InChI=1S/C48H33NS/c1-4-13-34(14-5-1)37-23-26-42(27-24-37)49(44-31-40(35-15-6-2-7-16-35)29-41(32-44)36-17-8-3-9-18-36)43-20-12-19-38(30-43)39-25-28-48-46(33-39)45-21-10-11-22-47(45)50-48/h1-33H. The van der Waals surface area contributed by atoms with Crippen molar-refractivity contribution in [2.45, 2.75) is 0 Å². The van der Waals surface area contributed by atoms with Crippen molar-refractivity contribution in [3.05, 3.63) is 200 Å². The monoisotopic (exact) mass is 655 g/mol. The Kier molecular flexibility index (Phi) is 7.77. The van der Waals surface area contributed by atoms with Crippen molar-refractivity contribution in [3.8, 4) is 44.5 Å². The molecule has 0 spiro atoms. The van der Waals surface area contributed by atoms with Crippen LogP contribution in [-0.2, 0) is 0 Å². The lowest BCUT2D eigenvalue weighted by Crippen LogP contribution is -2.10. The molecule has 8 aromatic carbocycles. The van der Waals surface area contributed by atoms with E-state index in [0.717, 1.165) is 17.1 Å². The first kappa shape index (κ1) is 29.9. The molecule has 9 rings (SSSR count). The van der Waals surface area contributed by atoms with Gasteiger partial charge in [0, 0.05) is 37.2 Å². The van der Waals surface area contributed by atoms with E-state index in [4.69, 9.17) is 0 Å². The number of rotatable bonds is 7. The Bertz CT molecular complexity index is 2510. The minimum Gasteiger partial charge on any atom is -0.310 e. The molecule has 0 fully saturated rings. The zero-order valence-corrected chi connectivity index (χ0v) is 28.2. The quantitative estimate of drug-likeness (QED) is 0.165. The molecule has 2 heteroatoms. The summed E-state index contributed by atoms with van der Waals surface area (Å²) in [6.07, 6.45) is 0. The number of nitrogens with zero attached hydrogens (tertiary/aromatic N) is 1. The van der Waals surface area contributed by atoms with Gasteiger partial charge in [-0.2, -0.15) is 0 Å². The summed E-state index contributed by atoms with van der Waals surface area (Å²) in [5, 5.41) is 2.63. The lowest BCUT2D eigenvalue weighted by atomic mass is 9.97. The highest BCUT2D eigenvalue weighted by atomic mass is 32.1. The predicted molar refractivity (Wildman–Crippen MR) is 216 cm³/mol. The second-order valence-electron chi connectivity index (χ2n) is 12.6. The number of hydrogen-bond acceptors (Lipinski definition) is 2. The fourth-order valence-corrected chi connectivity index (χ4v) is 8.03. The van der Waals surface area contributed by atoms with E-state index in [9.17, 15) is 0 Å². The van der Waals surface area contributed by atoms with Gasteiger partial charge < -0.3 is 4.90 Å². The van der Waals surface area contributed by atoms with Gasteiger partial charge >= 0.3 is 0 Å². The van der Waals surface area contributed by atoms with E-state index in [1.807, 2.05) is 11.3 Å². The van der Waals surface area contributed by atoms with Crippen molar-refractivity contribution in [2.75, 3.05) is 4.90 Å². The summed E-state index contributed by atoms with van der Waals surface area (Å²) in [7, 11) is 0. The number of benzene rings is 8.